The molecule has 1 aliphatic heterocycles. The maximum absolute atomic E-state index is 11.5. The number of methoxy groups -OCH3 is 1. The first-order valence-electron chi connectivity index (χ1n) is 8.42. The summed E-state index contributed by atoms with van der Waals surface area (Å²) in [5.41, 5.74) is 4.06. The third kappa shape index (κ3) is 4.02. The molecule has 0 radical (unpaired) electrons. The standard InChI is InChI=1S/C20H21ClN2O2/c1-3-13-4-6-14(7-5-13)16(12-15-8-11-19(24)22-15)18-10-9-17(21)20(23-18)25-2/h4-7,9-10,12,15H,3,8,11H2,1-2H3,(H,22,24)/b16-12+/t15-/m1/s1. The molecular weight excluding hydrogens is 336 g/mol. The smallest absolute Gasteiger partial charge is 0.232 e. The van der Waals surface area contributed by atoms with Crippen molar-refractivity contribution in [3.8, 4) is 5.88 Å². The van der Waals surface area contributed by atoms with Gasteiger partial charge in [-0.3, -0.25) is 4.79 Å². The lowest BCUT2D eigenvalue weighted by molar-refractivity contribution is -0.119. The van der Waals surface area contributed by atoms with Gasteiger partial charge in [-0.15, -0.1) is 0 Å². The second-order valence-electron chi connectivity index (χ2n) is 6.03. The average molecular weight is 357 g/mol. The molecule has 2 aromatic rings. The Bertz CT molecular complexity index is 800. The number of nitrogens with zero attached hydrogens (tertiary/aromatic N) is 1. The monoisotopic (exact) mass is 356 g/mol. The van der Waals surface area contributed by atoms with E-state index in [-0.39, 0.29) is 11.9 Å². The van der Waals surface area contributed by atoms with Crippen LogP contribution in [0.4, 0.5) is 0 Å². The Morgan fingerprint density at radius 1 is 1.32 bits per heavy atom. The van der Waals surface area contributed by atoms with Crippen LogP contribution in [0.15, 0.2) is 42.5 Å². The molecule has 0 bridgehead atoms. The molecule has 1 saturated heterocycles. The highest BCUT2D eigenvalue weighted by atomic mass is 35.5. The largest absolute Gasteiger partial charge is 0.480 e. The zero-order valence-electron chi connectivity index (χ0n) is 14.4. The highest BCUT2D eigenvalue weighted by Gasteiger charge is 2.21. The molecule has 1 aromatic carbocycles. The summed E-state index contributed by atoms with van der Waals surface area (Å²) in [6.45, 7) is 2.13. The minimum Gasteiger partial charge on any atom is -0.480 e. The Kier molecular flexibility index (Phi) is 5.39. The van der Waals surface area contributed by atoms with E-state index in [1.54, 1.807) is 13.2 Å². The Morgan fingerprint density at radius 3 is 2.68 bits per heavy atom. The summed E-state index contributed by atoms with van der Waals surface area (Å²) in [5, 5.41) is 3.46. The van der Waals surface area contributed by atoms with Crippen molar-refractivity contribution in [2.24, 2.45) is 0 Å². The number of ether oxygens (including phenoxy) is 1. The summed E-state index contributed by atoms with van der Waals surface area (Å²) in [6, 6.07) is 12.1. The molecule has 25 heavy (non-hydrogen) atoms. The van der Waals surface area contributed by atoms with Gasteiger partial charge in [0.05, 0.1) is 12.8 Å². The van der Waals surface area contributed by atoms with Crippen molar-refractivity contribution >= 4 is 23.1 Å². The number of aryl methyl sites for hydroxylation is 1. The van der Waals surface area contributed by atoms with Crippen LogP contribution in [-0.4, -0.2) is 24.0 Å². The van der Waals surface area contributed by atoms with Gasteiger partial charge in [-0.25, -0.2) is 4.98 Å². The van der Waals surface area contributed by atoms with Crippen LogP contribution >= 0.6 is 11.6 Å². The molecule has 5 heteroatoms. The third-order valence-corrected chi connectivity index (χ3v) is 4.64. The van der Waals surface area contributed by atoms with Crippen molar-refractivity contribution in [1.82, 2.24) is 10.3 Å². The minimum absolute atomic E-state index is 0.0109. The van der Waals surface area contributed by atoms with Crippen molar-refractivity contribution in [2.45, 2.75) is 32.2 Å². The van der Waals surface area contributed by atoms with Gasteiger partial charge in [0.15, 0.2) is 0 Å². The van der Waals surface area contributed by atoms with E-state index in [4.69, 9.17) is 16.3 Å². The molecule has 0 aliphatic carbocycles. The number of aromatic nitrogens is 1. The van der Waals surface area contributed by atoms with E-state index in [9.17, 15) is 4.79 Å². The highest BCUT2D eigenvalue weighted by molar-refractivity contribution is 6.31. The predicted molar refractivity (Wildman–Crippen MR) is 99.9 cm³/mol. The van der Waals surface area contributed by atoms with Crippen LogP contribution in [0.1, 0.15) is 36.6 Å². The molecule has 0 spiro atoms. The summed E-state index contributed by atoms with van der Waals surface area (Å²) in [6.07, 6.45) is 4.41. The number of pyridine rings is 1. The van der Waals surface area contributed by atoms with Gasteiger partial charge in [-0.1, -0.05) is 48.9 Å². The number of benzene rings is 1. The summed E-state index contributed by atoms with van der Waals surface area (Å²) < 4.78 is 5.26. The Hall–Kier alpha value is -2.33. The van der Waals surface area contributed by atoms with E-state index in [1.165, 1.54) is 5.56 Å². The molecule has 1 amide bonds. The highest BCUT2D eigenvalue weighted by Crippen LogP contribution is 2.29. The van der Waals surface area contributed by atoms with Crippen LogP contribution in [0.5, 0.6) is 5.88 Å². The summed E-state index contributed by atoms with van der Waals surface area (Å²) >= 11 is 6.11. The molecule has 3 rings (SSSR count). The van der Waals surface area contributed by atoms with Crippen molar-refractivity contribution in [2.75, 3.05) is 7.11 Å². The first-order valence-corrected chi connectivity index (χ1v) is 8.80. The summed E-state index contributed by atoms with van der Waals surface area (Å²) in [5.74, 6) is 0.481. The van der Waals surface area contributed by atoms with E-state index in [2.05, 4.69) is 47.6 Å². The first kappa shape index (κ1) is 17.5. The molecular formula is C20H21ClN2O2. The summed E-state index contributed by atoms with van der Waals surface area (Å²) in [4.78, 5) is 16.1. The van der Waals surface area contributed by atoms with E-state index in [1.807, 2.05) is 6.07 Å². The molecule has 4 nitrogen and oxygen atoms in total. The molecule has 130 valence electrons. The number of hydrogen-bond acceptors (Lipinski definition) is 3. The van der Waals surface area contributed by atoms with Crippen LogP contribution < -0.4 is 10.1 Å². The van der Waals surface area contributed by atoms with Crippen molar-refractivity contribution in [3.63, 3.8) is 0 Å². The molecule has 1 aliphatic rings. The fraction of sp³-hybridized carbons (Fsp3) is 0.300. The lowest BCUT2D eigenvalue weighted by Crippen LogP contribution is -2.23. The van der Waals surface area contributed by atoms with Gasteiger partial charge in [-0.05, 0) is 36.1 Å². The normalized spacial score (nSPS) is 17.5. The zero-order valence-corrected chi connectivity index (χ0v) is 15.1. The molecule has 2 heterocycles. The van der Waals surface area contributed by atoms with E-state index >= 15 is 0 Å². The quantitative estimate of drug-likeness (QED) is 0.880. The van der Waals surface area contributed by atoms with Gasteiger partial charge in [-0.2, -0.15) is 0 Å². The maximum Gasteiger partial charge on any atom is 0.232 e. The first-order chi connectivity index (χ1) is 12.1. The van der Waals surface area contributed by atoms with E-state index in [0.717, 1.165) is 29.7 Å². The number of carbonyl (C=O) groups excluding carboxylic acids is 1. The molecule has 1 aromatic heterocycles. The lowest BCUT2D eigenvalue weighted by atomic mass is 9.97. The van der Waals surface area contributed by atoms with E-state index in [0.29, 0.717) is 17.3 Å². The maximum atomic E-state index is 11.5. The van der Waals surface area contributed by atoms with Crippen LogP contribution in [0.3, 0.4) is 0 Å². The topological polar surface area (TPSA) is 51.2 Å². The molecule has 1 atom stereocenters. The van der Waals surface area contributed by atoms with Gasteiger partial charge >= 0.3 is 0 Å². The number of amides is 1. The lowest BCUT2D eigenvalue weighted by Gasteiger charge is -2.13. The molecule has 1 fully saturated rings. The second-order valence-corrected chi connectivity index (χ2v) is 6.44. The van der Waals surface area contributed by atoms with E-state index < -0.39 is 0 Å². The van der Waals surface area contributed by atoms with Gasteiger partial charge in [0.2, 0.25) is 11.8 Å². The van der Waals surface area contributed by atoms with Crippen molar-refractivity contribution < 1.29 is 9.53 Å². The van der Waals surface area contributed by atoms with Crippen LogP contribution in [0.25, 0.3) is 5.57 Å². The zero-order chi connectivity index (χ0) is 17.8. The molecule has 1 N–H and O–H groups in total. The van der Waals surface area contributed by atoms with Crippen molar-refractivity contribution in [1.29, 1.82) is 0 Å². The Labute approximate surface area is 152 Å². The number of hydrogen-bond donors (Lipinski definition) is 1. The SMILES string of the molecule is CCc1ccc(/C(=C\[C@H]2CCC(=O)N2)c2ccc(Cl)c(OC)n2)cc1. The Morgan fingerprint density at radius 2 is 2.08 bits per heavy atom. The molecule has 0 saturated carbocycles. The fourth-order valence-electron chi connectivity index (χ4n) is 2.93. The average Bonchev–Trinajstić information content (AvgIpc) is 3.05. The van der Waals surface area contributed by atoms with Crippen molar-refractivity contribution in [3.05, 3.63) is 64.3 Å². The number of carbonyl (C=O) groups is 1. The molecule has 0 unspecified atom stereocenters. The number of halogens is 1. The van der Waals surface area contributed by atoms with Gasteiger partial charge in [0, 0.05) is 18.0 Å². The van der Waals surface area contributed by atoms with Gasteiger partial charge in [0.25, 0.3) is 0 Å². The van der Waals surface area contributed by atoms with Crippen LogP contribution in [-0.2, 0) is 11.2 Å². The van der Waals surface area contributed by atoms with Gasteiger partial charge in [0.1, 0.15) is 5.02 Å². The third-order valence-electron chi connectivity index (χ3n) is 4.35. The summed E-state index contributed by atoms with van der Waals surface area (Å²) in [7, 11) is 1.55. The van der Waals surface area contributed by atoms with Crippen LogP contribution in [0, 0.1) is 0 Å². The van der Waals surface area contributed by atoms with Crippen LogP contribution in [0.2, 0.25) is 5.02 Å². The predicted octanol–water partition coefficient (Wildman–Crippen LogP) is 4.02. The number of rotatable bonds is 5. The fourth-order valence-corrected chi connectivity index (χ4v) is 3.11. The number of nitrogens with one attached hydrogen (secondary N) is 1. The second kappa shape index (κ2) is 7.70. The minimum atomic E-state index is 0.0109. The van der Waals surface area contributed by atoms with Gasteiger partial charge < -0.3 is 10.1 Å². The Balaban J connectivity index is 2.04.